The molecule has 1 aliphatic heterocycles. The highest BCUT2D eigenvalue weighted by Gasteiger charge is 2.25. The van der Waals surface area contributed by atoms with Gasteiger partial charge in [-0.3, -0.25) is 15.0 Å². The first-order valence-corrected chi connectivity index (χ1v) is 10.4. The van der Waals surface area contributed by atoms with Gasteiger partial charge in [-0.15, -0.1) is 0 Å². The summed E-state index contributed by atoms with van der Waals surface area (Å²) in [4.78, 5) is 14.3. The van der Waals surface area contributed by atoms with Gasteiger partial charge >= 0.3 is 0 Å². The Balaban J connectivity index is 1.66. The lowest BCUT2D eigenvalue weighted by molar-refractivity contribution is -0.385. The summed E-state index contributed by atoms with van der Waals surface area (Å²) < 4.78 is 23.8. The summed E-state index contributed by atoms with van der Waals surface area (Å²) in [6, 6.07) is 13.8. The van der Waals surface area contributed by atoms with E-state index in [1.165, 1.54) is 12.1 Å². The molecule has 0 spiro atoms. The van der Waals surface area contributed by atoms with E-state index in [1.54, 1.807) is 0 Å². The highest BCUT2D eigenvalue weighted by molar-refractivity contribution is 7.89. The SMILES string of the molecule is NS(=O)(=O)c1cc([N+](=O)[O-])ccc1N1CCN(C/C=C/c2ccccc2)CC1. The van der Waals surface area contributed by atoms with Gasteiger partial charge < -0.3 is 4.90 Å². The summed E-state index contributed by atoms with van der Waals surface area (Å²) in [5.41, 5.74) is 1.26. The summed E-state index contributed by atoms with van der Waals surface area (Å²) in [7, 11) is -4.07. The minimum atomic E-state index is -4.07. The van der Waals surface area contributed by atoms with Crippen molar-refractivity contribution in [1.82, 2.24) is 4.90 Å². The van der Waals surface area contributed by atoms with Crippen molar-refractivity contribution in [3.05, 3.63) is 70.3 Å². The maximum atomic E-state index is 11.9. The van der Waals surface area contributed by atoms with E-state index in [0.717, 1.165) is 31.3 Å². The van der Waals surface area contributed by atoms with Crippen molar-refractivity contribution in [3.63, 3.8) is 0 Å². The van der Waals surface area contributed by atoms with Gasteiger partial charge in [0.1, 0.15) is 4.90 Å². The smallest absolute Gasteiger partial charge is 0.270 e. The lowest BCUT2D eigenvalue weighted by atomic mass is 10.2. The van der Waals surface area contributed by atoms with Crippen LogP contribution in [-0.4, -0.2) is 51.0 Å². The molecule has 8 nitrogen and oxygen atoms in total. The molecule has 2 N–H and O–H groups in total. The molecule has 1 aliphatic rings. The van der Waals surface area contributed by atoms with E-state index < -0.39 is 14.9 Å². The van der Waals surface area contributed by atoms with E-state index in [2.05, 4.69) is 17.1 Å². The lowest BCUT2D eigenvalue weighted by Crippen LogP contribution is -2.46. The Bertz CT molecular complexity index is 969. The predicted octanol–water partition coefficient (Wildman–Crippen LogP) is 2.08. The number of nitrogens with zero attached hydrogens (tertiary/aromatic N) is 3. The Labute approximate surface area is 164 Å². The second kappa shape index (κ2) is 8.51. The average Bonchev–Trinajstić information content (AvgIpc) is 2.68. The van der Waals surface area contributed by atoms with Crippen LogP contribution >= 0.6 is 0 Å². The number of hydrogen-bond acceptors (Lipinski definition) is 6. The van der Waals surface area contributed by atoms with Gasteiger partial charge in [-0.25, -0.2) is 13.6 Å². The number of benzene rings is 2. The molecule has 0 radical (unpaired) electrons. The topological polar surface area (TPSA) is 110 Å². The van der Waals surface area contributed by atoms with E-state index >= 15 is 0 Å². The molecule has 0 aliphatic carbocycles. The van der Waals surface area contributed by atoms with Gasteiger partial charge in [-0.1, -0.05) is 42.5 Å². The third-order valence-electron chi connectivity index (χ3n) is 4.65. The number of nitro benzene ring substituents is 1. The quantitative estimate of drug-likeness (QED) is 0.585. The van der Waals surface area contributed by atoms with Gasteiger partial charge in [0.05, 0.1) is 10.6 Å². The van der Waals surface area contributed by atoms with Crippen LogP contribution in [0.4, 0.5) is 11.4 Å². The van der Waals surface area contributed by atoms with E-state index in [0.29, 0.717) is 18.8 Å². The van der Waals surface area contributed by atoms with Crippen molar-refractivity contribution in [1.29, 1.82) is 0 Å². The summed E-state index contributed by atoms with van der Waals surface area (Å²) in [5.74, 6) is 0. The number of non-ortho nitro benzene ring substituents is 1. The summed E-state index contributed by atoms with van der Waals surface area (Å²) in [6.45, 7) is 3.52. The summed E-state index contributed by atoms with van der Waals surface area (Å²) in [6.07, 6.45) is 4.18. The van der Waals surface area contributed by atoms with Crippen LogP contribution in [0.15, 0.2) is 59.5 Å². The van der Waals surface area contributed by atoms with E-state index in [4.69, 9.17) is 5.14 Å². The zero-order chi connectivity index (χ0) is 20.1. The Morgan fingerprint density at radius 1 is 1.07 bits per heavy atom. The zero-order valence-corrected chi connectivity index (χ0v) is 16.1. The van der Waals surface area contributed by atoms with Crippen molar-refractivity contribution in [2.45, 2.75) is 4.90 Å². The second-order valence-corrected chi connectivity index (χ2v) is 8.08. The Kier molecular flexibility index (Phi) is 6.08. The van der Waals surface area contributed by atoms with Crippen LogP contribution in [0.1, 0.15) is 5.56 Å². The molecule has 2 aromatic rings. The summed E-state index contributed by atoms with van der Waals surface area (Å²) >= 11 is 0. The second-order valence-electron chi connectivity index (χ2n) is 6.55. The number of nitro groups is 1. The maximum absolute atomic E-state index is 11.9. The van der Waals surface area contributed by atoms with Gasteiger partial charge in [-0.05, 0) is 11.6 Å². The van der Waals surface area contributed by atoms with E-state index in [-0.39, 0.29) is 10.6 Å². The van der Waals surface area contributed by atoms with Crippen LogP contribution in [0, 0.1) is 10.1 Å². The Morgan fingerprint density at radius 3 is 2.36 bits per heavy atom. The van der Waals surface area contributed by atoms with Crippen LogP contribution in [0.3, 0.4) is 0 Å². The minimum absolute atomic E-state index is 0.209. The molecule has 1 heterocycles. The molecule has 148 valence electrons. The molecule has 1 saturated heterocycles. The molecule has 2 aromatic carbocycles. The monoisotopic (exact) mass is 402 g/mol. The van der Waals surface area contributed by atoms with Crippen LogP contribution in [0.25, 0.3) is 6.08 Å². The molecule has 0 atom stereocenters. The molecule has 0 bridgehead atoms. The van der Waals surface area contributed by atoms with Crippen molar-refractivity contribution in [3.8, 4) is 0 Å². The molecule has 3 rings (SSSR count). The molecular formula is C19H22N4O4S. The fourth-order valence-electron chi connectivity index (χ4n) is 3.18. The Morgan fingerprint density at radius 2 is 1.75 bits per heavy atom. The third kappa shape index (κ3) is 4.94. The molecule has 0 saturated carbocycles. The zero-order valence-electron chi connectivity index (χ0n) is 15.3. The highest BCUT2D eigenvalue weighted by Crippen LogP contribution is 2.29. The molecule has 9 heteroatoms. The molecule has 0 unspecified atom stereocenters. The maximum Gasteiger partial charge on any atom is 0.270 e. The number of rotatable bonds is 6. The van der Waals surface area contributed by atoms with Gasteiger partial charge in [0.25, 0.3) is 5.69 Å². The fourth-order valence-corrected chi connectivity index (χ4v) is 3.95. The molecule has 0 amide bonds. The van der Waals surface area contributed by atoms with Crippen LogP contribution in [-0.2, 0) is 10.0 Å². The first-order chi connectivity index (χ1) is 13.3. The lowest BCUT2D eigenvalue weighted by Gasteiger charge is -2.36. The van der Waals surface area contributed by atoms with Gasteiger partial charge in [0.15, 0.2) is 0 Å². The summed E-state index contributed by atoms with van der Waals surface area (Å²) in [5, 5.41) is 16.2. The molecular weight excluding hydrogens is 380 g/mol. The van der Waals surface area contributed by atoms with Crippen LogP contribution in [0.5, 0.6) is 0 Å². The first-order valence-electron chi connectivity index (χ1n) is 8.85. The molecule has 0 aromatic heterocycles. The number of nitrogens with two attached hydrogens (primary N) is 1. The van der Waals surface area contributed by atoms with E-state index in [9.17, 15) is 18.5 Å². The van der Waals surface area contributed by atoms with Crippen molar-refractivity contribution in [2.75, 3.05) is 37.6 Å². The molecule has 28 heavy (non-hydrogen) atoms. The number of anilines is 1. The van der Waals surface area contributed by atoms with Crippen molar-refractivity contribution in [2.24, 2.45) is 5.14 Å². The van der Waals surface area contributed by atoms with Gasteiger partial charge in [0.2, 0.25) is 10.0 Å². The van der Waals surface area contributed by atoms with Crippen LogP contribution < -0.4 is 10.0 Å². The van der Waals surface area contributed by atoms with Crippen molar-refractivity contribution < 1.29 is 13.3 Å². The number of hydrogen-bond donors (Lipinski definition) is 1. The van der Waals surface area contributed by atoms with Gasteiger partial charge in [-0.2, -0.15) is 0 Å². The van der Waals surface area contributed by atoms with E-state index in [1.807, 2.05) is 35.2 Å². The fraction of sp³-hybridized carbons (Fsp3) is 0.263. The number of sulfonamides is 1. The standard InChI is InChI=1S/C19H22N4O4S/c20-28(26,27)19-15-17(23(24)25)8-9-18(19)22-13-11-21(12-14-22)10-4-7-16-5-2-1-3-6-16/h1-9,15H,10-14H2,(H2,20,26,27)/b7-4+. The number of primary sulfonamides is 1. The van der Waals surface area contributed by atoms with Crippen molar-refractivity contribution >= 4 is 27.5 Å². The van der Waals surface area contributed by atoms with Crippen LogP contribution in [0.2, 0.25) is 0 Å². The highest BCUT2D eigenvalue weighted by atomic mass is 32.2. The molecule has 1 fully saturated rings. The third-order valence-corrected chi connectivity index (χ3v) is 5.59. The number of piperazine rings is 1. The predicted molar refractivity (Wildman–Crippen MR) is 109 cm³/mol. The normalized spacial score (nSPS) is 15.8. The first kappa shape index (κ1) is 20.0. The average molecular weight is 402 g/mol. The largest absolute Gasteiger partial charge is 0.368 e. The minimum Gasteiger partial charge on any atom is -0.368 e. The Hall–Kier alpha value is -2.75. The van der Waals surface area contributed by atoms with Gasteiger partial charge in [0, 0.05) is 44.9 Å².